The molecular formula is C18H18F2. The Bertz CT molecular complexity index is 578. The van der Waals surface area contributed by atoms with Gasteiger partial charge in [0, 0.05) is 5.92 Å². The van der Waals surface area contributed by atoms with Crippen LogP contribution in [0.1, 0.15) is 47.9 Å². The van der Waals surface area contributed by atoms with Gasteiger partial charge in [-0.3, -0.25) is 0 Å². The molecule has 2 aromatic rings. The SMILES string of the molecule is CCCC1c2cc(F)ccc2CCc2ccc(F)cc21. The van der Waals surface area contributed by atoms with Crippen molar-refractivity contribution in [3.63, 3.8) is 0 Å². The minimum atomic E-state index is -0.204. The maximum Gasteiger partial charge on any atom is 0.123 e. The second-order valence-electron chi connectivity index (χ2n) is 5.53. The summed E-state index contributed by atoms with van der Waals surface area (Å²) in [5.41, 5.74) is 4.47. The smallest absolute Gasteiger partial charge is 0.123 e. The Labute approximate surface area is 118 Å². The molecule has 2 aromatic carbocycles. The van der Waals surface area contributed by atoms with E-state index >= 15 is 0 Å². The van der Waals surface area contributed by atoms with Crippen molar-refractivity contribution >= 4 is 0 Å². The minimum absolute atomic E-state index is 0.110. The normalized spacial score (nSPS) is 14.6. The third-order valence-electron chi connectivity index (χ3n) is 4.21. The van der Waals surface area contributed by atoms with E-state index in [2.05, 4.69) is 6.92 Å². The van der Waals surface area contributed by atoms with E-state index in [4.69, 9.17) is 0 Å². The lowest BCUT2D eigenvalue weighted by Crippen LogP contribution is -2.05. The average molecular weight is 272 g/mol. The van der Waals surface area contributed by atoms with Crippen LogP contribution >= 0.6 is 0 Å². The van der Waals surface area contributed by atoms with Gasteiger partial charge in [-0.15, -0.1) is 0 Å². The molecule has 2 heteroatoms. The van der Waals surface area contributed by atoms with Gasteiger partial charge >= 0.3 is 0 Å². The number of benzene rings is 2. The van der Waals surface area contributed by atoms with Crippen LogP contribution in [0.2, 0.25) is 0 Å². The van der Waals surface area contributed by atoms with Crippen molar-refractivity contribution < 1.29 is 8.78 Å². The van der Waals surface area contributed by atoms with E-state index in [0.29, 0.717) is 0 Å². The number of rotatable bonds is 2. The number of halogens is 2. The first-order chi connectivity index (χ1) is 9.69. The summed E-state index contributed by atoms with van der Waals surface area (Å²) < 4.78 is 27.2. The molecule has 0 amide bonds. The summed E-state index contributed by atoms with van der Waals surface area (Å²) in [4.78, 5) is 0. The standard InChI is InChI=1S/C18H18F2/c1-2-3-16-17-10-14(19)8-6-12(17)4-5-13-7-9-15(20)11-18(13)16/h6-11,16H,2-5H2,1H3. The van der Waals surface area contributed by atoms with Crippen LogP contribution in [0.4, 0.5) is 8.78 Å². The molecule has 0 aromatic heterocycles. The van der Waals surface area contributed by atoms with Crippen molar-refractivity contribution in [3.05, 3.63) is 70.3 Å². The predicted octanol–water partition coefficient (Wildman–Crippen LogP) is 5.00. The molecule has 0 bridgehead atoms. The molecule has 0 heterocycles. The second-order valence-corrected chi connectivity index (χ2v) is 5.53. The number of aryl methyl sites for hydroxylation is 2. The van der Waals surface area contributed by atoms with Crippen molar-refractivity contribution in [1.29, 1.82) is 0 Å². The monoisotopic (exact) mass is 272 g/mol. The molecule has 104 valence electrons. The summed E-state index contributed by atoms with van der Waals surface area (Å²) in [5, 5.41) is 0. The van der Waals surface area contributed by atoms with Crippen molar-refractivity contribution in [1.82, 2.24) is 0 Å². The Kier molecular flexibility index (Phi) is 3.56. The van der Waals surface area contributed by atoms with E-state index in [1.54, 1.807) is 12.1 Å². The zero-order valence-electron chi connectivity index (χ0n) is 11.6. The van der Waals surface area contributed by atoms with Gasteiger partial charge in [0.1, 0.15) is 11.6 Å². The van der Waals surface area contributed by atoms with Crippen LogP contribution in [0.5, 0.6) is 0 Å². The third kappa shape index (κ3) is 2.35. The van der Waals surface area contributed by atoms with Crippen molar-refractivity contribution in [2.24, 2.45) is 0 Å². The Balaban J connectivity index is 2.18. The molecule has 1 aliphatic carbocycles. The first kappa shape index (κ1) is 13.3. The quantitative estimate of drug-likeness (QED) is 0.722. The summed E-state index contributed by atoms with van der Waals surface area (Å²) in [6, 6.07) is 10.1. The second kappa shape index (κ2) is 5.35. The molecule has 1 aliphatic rings. The molecular weight excluding hydrogens is 254 g/mol. The van der Waals surface area contributed by atoms with Crippen molar-refractivity contribution in [2.75, 3.05) is 0 Å². The molecule has 0 atom stereocenters. The molecule has 0 N–H and O–H groups in total. The van der Waals surface area contributed by atoms with E-state index < -0.39 is 0 Å². The molecule has 0 saturated heterocycles. The lowest BCUT2D eigenvalue weighted by atomic mass is 9.85. The van der Waals surface area contributed by atoms with Crippen molar-refractivity contribution in [2.45, 2.75) is 38.5 Å². The fourth-order valence-corrected chi connectivity index (χ4v) is 3.27. The van der Waals surface area contributed by atoms with Crippen LogP contribution in [0.25, 0.3) is 0 Å². The maximum absolute atomic E-state index is 13.6. The first-order valence-corrected chi connectivity index (χ1v) is 7.25. The number of hydrogen-bond donors (Lipinski definition) is 0. The molecule has 0 nitrogen and oxygen atoms in total. The lowest BCUT2D eigenvalue weighted by Gasteiger charge is -2.20. The largest absolute Gasteiger partial charge is 0.207 e. The van der Waals surface area contributed by atoms with Crippen molar-refractivity contribution in [3.8, 4) is 0 Å². The highest BCUT2D eigenvalue weighted by molar-refractivity contribution is 5.45. The number of hydrogen-bond acceptors (Lipinski definition) is 0. The van der Waals surface area contributed by atoms with Gasteiger partial charge in [-0.05, 0) is 65.8 Å². The maximum atomic E-state index is 13.6. The summed E-state index contributed by atoms with van der Waals surface area (Å²) >= 11 is 0. The topological polar surface area (TPSA) is 0 Å². The lowest BCUT2D eigenvalue weighted by molar-refractivity contribution is 0.610. The average Bonchev–Trinajstić information content (AvgIpc) is 2.57. The van der Waals surface area contributed by atoms with Gasteiger partial charge in [-0.25, -0.2) is 8.78 Å². The van der Waals surface area contributed by atoms with Crippen LogP contribution in [-0.2, 0) is 12.8 Å². The van der Waals surface area contributed by atoms with Gasteiger partial charge in [-0.1, -0.05) is 25.5 Å². The summed E-state index contributed by atoms with van der Waals surface area (Å²) in [7, 11) is 0. The van der Waals surface area contributed by atoms with E-state index in [-0.39, 0.29) is 17.6 Å². The van der Waals surface area contributed by atoms with E-state index in [0.717, 1.165) is 36.8 Å². The number of fused-ring (bicyclic) bond motifs is 2. The summed E-state index contributed by atoms with van der Waals surface area (Å²) in [6.07, 6.45) is 3.71. The van der Waals surface area contributed by atoms with Gasteiger partial charge in [0.25, 0.3) is 0 Å². The Morgan fingerprint density at radius 1 is 0.900 bits per heavy atom. The zero-order chi connectivity index (χ0) is 14.1. The Morgan fingerprint density at radius 3 is 1.85 bits per heavy atom. The zero-order valence-corrected chi connectivity index (χ0v) is 11.6. The molecule has 0 fully saturated rings. The Hall–Kier alpha value is -1.70. The minimum Gasteiger partial charge on any atom is -0.207 e. The predicted molar refractivity (Wildman–Crippen MR) is 77.0 cm³/mol. The molecule has 0 radical (unpaired) electrons. The van der Waals surface area contributed by atoms with E-state index in [1.165, 1.54) is 23.3 Å². The van der Waals surface area contributed by atoms with E-state index in [9.17, 15) is 8.78 Å². The Morgan fingerprint density at radius 2 is 1.40 bits per heavy atom. The van der Waals surface area contributed by atoms with E-state index in [1.807, 2.05) is 12.1 Å². The first-order valence-electron chi connectivity index (χ1n) is 7.25. The van der Waals surface area contributed by atoms with Crippen LogP contribution in [0.3, 0.4) is 0 Å². The summed E-state index contributed by atoms with van der Waals surface area (Å²) in [5.74, 6) is -0.298. The van der Waals surface area contributed by atoms with Crippen LogP contribution in [0, 0.1) is 11.6 Å². The van der Waals surface area contributed by atoms with Gasteiger partial charge in [-0.2, -0.15) is 0 Å². The van der Waals surface area contributed by atoms with Crippen LogP contribution < -0.4 is 0 Å². The fourth-order valence-electron chi connectivity index (χ4n) is 3.27. The van der Waals surface area contributed by atoms with Crippen LogP contribution in [-0.4, -0.2) is 0 Å². The highest BCUT2D eigenvalue weighted by atomic mass is 19.1. The third-order valence-corrected chi connectivity index (χ3v) is 4.21. The fraction of sp³-hybridized carbons (Fsp3) is 0.333. The van der Waals surface area contributed by atoms with Gasteiger partial charge < -0.3 is 0 Å². The highest BCUT2D eigenvalue weighted by Crippen LogP contribution is 2.37. The molecule has 20 heavy (non-hydrogen) atoms. The highest BCUT2D eigenvalue weighted by Gasteiger charge is 2.23. The van der Waals surface area contributed by atoms with Crippen LogP contribution in [0.15, 0.2) is 36.4 Å². The van der Waals surface area contributed by atoms with Gasteiger partial charge in [0.05, 0.1) is 0 Å². The molecule has 0 aliphatic heterocycles. The van der Waals surface area contributed by atoms with Gasteiger partial charge in [0.15, 0.2) is 0 Å². The summed E-state index contributed by atoms with van der Waals surface area (Å²) in [6.45, 7) is 2.11. The van der Waals surface area contributed by atoms with Gasteiger partial charge in [0.2, 0.25) is 0 Å². The molecule has 0 saturated carbocycles. The molecule has 0 spiro atoms. The molecule has 3 rings (SSSR count). The molecule has 0 unspecified atom stereocenters.